The minimum Gasteiger partial charge on any atom is -0.387 e. The van der Waals surface area contributed by atoms with Crippen LogP contribution in [0, 0.1) is 0 Å². The number of aliphatic hydroxyl groups excluding tert-OH is 1. The Morgan fingerprint density at radius 2 is 0.857 bits per heavy atom. The van der Waals surface area contributed by atoms with E-state index in [9.17, 15) is 22.9 Å². The molecule has 0 bridgehead atoms. The molecule has 7 heteroatoms. The molecule has 0 radical (unpaired) electrons. The maximum atomic E-state index is 12.6. The van der Waals surface area contributed by atoms with Gasteiger partial charge in [-0.25, -0.2) is 0 Å². The van der Waals surface area contributed by atoms with Gasteiger partial charge in [-0.2, -0.15) is 8.42 Å². The number of hydrogen-bond donors (Lipinski definition) is 3. The fraction of sp³-hybridized carbons (Fsp3) is 0.735. The van der Waals surface area contributed by atoms with Gasteiger partial charge >= 0.3 is 0 Å². The van der Waals surface area contributed by atoms with Gasteiger partial charge in [-0.15, -0.1) is 0 Å². The normalized spacial score (nSPS) is 13.9. The van der Waals surface area contributed by atoms with E-state index in [0.29, 0.717) is 6.42 Å². The quantitative estimate of drug-likeness (QED) is 0.0324. The molecule has 2 unspecified atom stereocenters. The molecule has 0 aromatic rings. The molecule has 0 fully saturated rings. The Morgan fingerprint density at radius 3 is 1.27 bits per heavy atom. The maximum Gasteiger partial charge on any atom is 0.267 e. The molecule has 0 aromatic carbocycles. The lowest BCUT2D eigenvalue weighted by atomic mass is 10.0. The second-order valence-electron chi connectivity index (χ2n) is 15.7. The van der Waals surface area contributed by atoms with E-state index >= 15 is 0 Å². The van der Waals surface area contributed by atoms with Crippen LogP contribution in [0.3, 0.4) is 0 Å². The van der Waals surface area contributed by atoms with Crippen LogP contribution in [0.1, 0.15) is 213 Å². The monoisotopic (exact) mass is 802 g/mol. The summed E-state index contributed by atoms with van der Waals surface area (Å²) in [5.74, 6) is -1.01. The Morgan fingerprint density at radius 1 is 0.500 bits per heavy atom. The number of amides is 1. The molecule has 0 spiro atoms. The fourth-order valence-electron chi connectivity index (χ4n) is 6.71. The SMILES string of the molecule is CC/C=C\C/C=C\C/C=C\C/C=C\C/C=C\CCCCCCCC(=O)NC(CS(=O)(=O)O)C(O)/C=C/CCCCCCCCCCCCCCCCCCCC. The van der Waals surface area contributed by atoms with Gasteiger partial charge in [-0.1, -0.05) is 215 Å². The van der Waals surface area contributed by atoms with E-state index in [0.717, 1.165) is 83.5 Å². The number of rotatable bonds is 41. The molecule has 3 N–H and O–H groups in total. The fourth-order valence-corrected chi connectivity index (χ4v) is 7.45. The largest absolute Gasteiger partial charge is 0.387 e. The van der Waals surface area contributed by atoms with Crippen LogP contribution >= 0.6 is 0 Å². The van der Waals surface area contributed by atoms with Crippen LogP contribution in [-0.2, 0) is 14.9 Å². The smallest absolute Gasteiger partial charge is 0.267 e. The summed E-state index contributed by atoms with van der Waals surface area (Å²) in [7, 11) is -4.36. The van der Waals surface area contributed by atoms with Gasteiger partial charge < -0.3 is 10.4 Å². The Bertz CT molecular complexity index is 1150. The molecule has 0 aliphatic carbocycles. The summed E-state index contributed by atoms with van der Waals surface area (Å²) in [5.41, 5.74) is 0. The van der Waals surface area contributed by atoms with Crippen molar-refractivity contribution < 1.29 is 22.9 Å². The molecular formula is C49H87NO5S. The van der Waals surface area contributed by atoms with E-state index < -0.39 is 28.0 Å². The zero-order valence-electron chi connectivity index (χ0n) is 36.2. The van der Waals surface area contributed by atoms with Crippen molar-refractivity contribution in [1.29, 1.82) is 0 Å². The first-order chi connectivity index (χ1) is 27.3. The first-order valence-corrected chi connectivity index (χ1v) is 24.7. The second kappa shape index (κ2) is 42.4. The number of hydrogen-bond acceptors (Lipinski definition) is 4. The van der Waals surface area contributed by atoms with Crippen LogP contribution in [0.2, 0.25) is 0 Å². The summed E-state index contributed by atoms with van der Waals surface area (Å²) in [5, 5.41) is 13.3. The van der Waals surface area contributed by atoms with Crippen LogP contribution in [0.5, 0.6) is 0 Å². The molecule has 0 heterocycles. The first-order valence-electron chi connectivity index (χ1n) is 23.1. The van der Waals surface area contributed by atoms with Gasteiger partial charge in [-0.3, -0.25) is 9.35 Å². The zero-order chi connectivity index (χ0) is 41.1. The van der Waals surface area contributed by atoms with Gasteiger partial charge in [0.05, 0.1) is 17.9 Å². The van der Waals surface area contributed by atoms with E-state index in [2.05, 4.69) is 79.9 Å². The minimum atomic E-state index is -4.36. The van der Waals surface area contributed by atoms with Crippen molar-refractivity contribution in [2.45, 2.75) is 225 Å². The molecule has 0 aliphatic rings. The second-order valence-corrected chi connectivity index (χ2v) is 17.2. The molecule has 0 rings (SSSR count). The van der Waals surface area contributed by atoms with Crippen LogP contribution < -0.4 is 5.32 Å². The third-order valence-electron chi connectivity index (χ3n) is 10.1. The van der Waals surface area contributed by atoms with E-state index in [1.165, 1.54) is 103 Å². The average molecular weight is 802 g/mol. The third kappa shape index (κ3) is 42.9. The van der Waals surface area contributed by atoms with E-state index in [1.807, 2.05) is 6.08 Å². The lowest BCUT2D eigenvalue weighted by Gasteiger charge is -2.21. The standard InChI is InChI=1S/C49H87NO5S/c1-3-5-7-9-11-13-15-17-19-21-23-25-27-29-31-33-35-37-39-41-43-45-49(52)50-47(46-56(53,54)55)48(51)44-42-40-38-36-34-32-30-28-26-24-22-20-18-16-14-12-10-8-6-4-2/h5,7,11,13,17,19,23,25,29,31,42,44,47-48,51H,3-4,6,8-10,12,14-16,18,20-22,24,26-28,30,32-41,43,45-46H2,1-2H3,(H,50,52)(H,53,54,55)/b7-5-,13-11-,19-17-,25-23-,31-29-,44-42+. The number of carbonyl (C=O) groups excluding carboxylic acids is 1. The van der Waals surface area contributed by atoms with Crippen molar-refractivity contribution in [3.63, 3.8) is 0 Å². The van der Waals surface area contributed by atoms with Crippen LogP contribution in [-0.4, -0.2) is 41.9 Å². The van der Waals surface area contributed by atoms with E-state index in [4.69, 9.17) is 0 Å². The van der Waals surface area contributed by atoms with Crippen molar-refractivity contribution in [3.05, 3.63) is 72.9 Å². The topological polar surface area (TPSA) is 104 Å². The third-order valence-corrected chi connectivity index (χ3v) is 10.9. The molecule has 324 valence electrons. The highest BCUT2D eigenvalue weighted by Gasteiger charge is 2.24. The van der Waals surface area contributed by atoms with Crippen molar-refractivity contribution >= 4 is 16.0 Å². The Labute approximate surface area is 346 Å². The highest BCUT2D eigenvalue weighted by molar-refractivity contribution is 7.85. The van der Waals surface area contributed by atoms with Crippen molar-refractivity contribution in [2.24, 2.45) is 0 Å². The zero-order valence-corrected chi connectivity index (χ0v) is 37.1. The summed E-state index contributed by atoms with van der Waals surface area (Å²) in [6.07, 6.45) is 60.3. The molecule has 2 atom stereocenters. The highest BCUT2D eigenvalue weighted by atomic mass is 32.2. The highest BCUT2D eigenvalue weighted by Crippen LogP contribution is 2.15. The minimum absolute atomic E-state index is 0.270. The summed E-state index contributed by atoms with van der Waals surface area (Å²) < 4.78 is 32.6. The molecule has 0 saturated heterocycles. The van der Waals surface area contributed by atoms with Crippen LogP contribution in [0.25, 0.3) is 0 Å². The Kier molecular flexibility index (Phi) is 40.7. The molecule has 0 saturated carbocycles. The number of unbranched alkanes of at least 4 members (excludes halogenated alkanes) is 23. The van der Waals surface area contributed by atoms with Crippen molar-refractivity contribution in [3.8, 4) is 0 Å². The van der Waals surface area contributed by atoms with E-state index in [1.54, 1.807) is 6.08 Å². The van der Waals surface area contributed by atoms with Gasteiger partial charge in [0.25, 0.3) is 10.1 Å². The maximum absolute atomic E-state index is 12.6. The predicted octanol–water partition coefficient (Wildman–Crippen LogP) is 14.2. The lowest BCUT2D eigenvalue weighted by Crippen LogP contribution is -2.46. The molecule has 1 amide bonds. The van der Waals surface area contributed by atoms with Gasteiger partial charge in [0.2, 0.25) is 5.91 Å². The number of aliphatic hydroxyl groups is 1. The van der Waals surface area contributed by atoms with Crippen molar-refractivity contribution in [1.82, 2.24) is 5.32 Å². The summed E-state index contributed by atoms with van der Waals surface area (Å²) in [6.45, 7) is 4.42. The number of carbonyl (C=O) groups is 1. The van der Waals surface area contributed by atoms with E-state index in [-0.39, 0.29) is 12.3 Å². The molecular weight excluding hydrogens is 715 g/mol. The number of allylic oxidation sites excluding steroid dienone is 11. The summed E-state index contributed by atoms with van der Waals surface area (Å²) in [6, 6.07) is -1.07. The van der Waals surface area contributed by atoms with Gasteiger partial charge in [0, 0.05) is 6.42 Å². The van der Waals surface area contributed by atoms with Crippen molar-refractivity contribution in [2.75, 3.05) is 5.75 Å². The van der Waals surface area contributed by atoms with Gasteiger partial charge in [0.1, 0.15) is 0 Å². The van der Waals surface area contributed by atoms with Crippen LogP contribution in [0.15, 0.2) is 72.9 Å². The van der Waals surface area contributed by atoms with Gasteiger partial charge in [0.15, 0.2) is 0 Å². The average Bonchev–Trinajstić information content (AvgIpc) is 3.16. The molecule has 6 nitrogen and oxygen atoms in total. The summed E-state index contributed by atoms with van der Waals surface area (Å²) in [4.78, 5) is 12.6. The summed E-state index contributed by atoms with van der Waals surface area (Å²) >= 11 is 0. The lowest BCUT2D eigenvalue weighted by molar-refractivity contribution is -0.122. The Hall–Kier alpha value is -2.22. The first kappa shape index (κ1) is 53.8. The molecule has 56 heavy (non-hydrogen) atoms. The molecule has 0 aliphatic heterocycles. The number of nitrogens with one attached hydrogen (secondary N) is 1. The van der Waals surface area contributed by atoms with Crippen LogP contribution in [0.4, 0.5) is 0 Å². The molecule has 0 aromatic heterocycles. The Balaban J connectivity index is 3.92. The van der Waals surface area contributed by atoms with Gasteiger partial charge in [-0.05, 0) is 64.2 Å². The predicted molar refractivity (Wildman–Crippen MR) is 244 cm³/mol.